The van der Waals surface area contributed by atoms with Crippen LogP contribution in [0.3, 0.4) is 0 Å². The number of aromatic nitrogens is 2. The fourth-order valence-corrected chi connectivity index (χ4v) is 4.45. The maximum absolute atomic E-state index is 12.5. The van der Waals surface area contributed by atoms with Crippen LogP contribution in [0.15, 0.2) is 28.8 Å². The van der Waals surface area contributed by atoms with Crippen LogP contribution < -0.4 is 10.1 Å². The van der Waals surface area contributed by atoms with Gasteiger partial charge in [-0.25, -0.2) is 0 Å². The molecule has 32 heavy (non-hydrogen) atoms. The Hall–Kier alpha value is -2.45. The van der Waals surface area contributed by atoms with Gasteiger partial charge in [0, 0.05) is 24.6 Å². The first kappa shape index (κ1) is 22.7. The zero-order valence-corrected chi connectivity index (χ0v) is 18.9. The van der Waals surface area contributed by atoms with E-state index in [1.165, 1.54) is 25.7 Å². The van der Waals surface area contributed by atoms with E-state index >= 15 is 0 Å². The van der Waals surface area contributed by atoms with Gasteiger partial charge in [0.15, 0.2) is 0 Å². The smallest absolute Gasteiger partial charge is 0.241 e. The summed E-state index contributed by atoms with van der Waals surface area (Å²) in [5, 5.41) is 7.18. The van der Waals surface area contributed by atoms with Crippen molar-refractivity contribution in [2.45, 2.75) is 57.6 Å². The molecule has 1 aromatic carbocycles. The molecule has 1 aromatic heterocycles. The average molecular weight is 443 g/mol. The highest BCUT2D eigenvalue weighted by Gasteiger charge is 2.26. The number of methoxy groups -OCH3 is 1. The number of piperidine rings is 1. The lowest BCUT2D eigenvalue weighted by molar-refractivity contribution is -0.126. The van der Waals surface area contributed by atoms with E-state index in [0.29, 0.717) is 30.9 Å². The van der Waals surface area contributed by atoms with Crippen LogP contribution in [0.5, 0.6) is 5.75 Å². The van der Waals surface area contributed by atoms with E-state index in [9.17, 15) is 4.79 Å². The number of hydrogen-bond donors (Lipinski definition) is 1. The number of nitrogens with zero attached hydrogens (tertiary/aromatic N) is 3. The minimum Gasteiger partial charge on any atom is -0.497 e. The third-order valence-corrected chi connectivity index (χ3v) is 6.41. The minimum atomic E-state index is 0.0829. The molecule has 8 nitrogen and oxygen atoms in total. The molecule has 2 heterocycles. The summed E-state index contributed by atoms with van der Waals surface area (Å²) in [6.07, 6.45) is 7.99. The Labute approximate surface area is 189 Å². The van der Waals surface area contributed by atoms with Crippen molar-refractivity contribution in [3.05, 3.63) is 30.2 Å². The first-order valence-electron chi connectivity index (χ1n) is 11.8. The molecule has 1 N–H and O–H groups in total. The summed E-state index contributed by atoms with van der Waals surface area (Å²) >= 11 is 0. The van der Waals surface area contributed by atoms with Crippen molar-refractivity contribution in [3.63, 3.8) is 0 Å². The fraction of sp³-hybridized carbons (Fsp3) is 0.625. The Kier molecular flexibility index (Phi) is 8.12. The van der Waals surface area contributed by atoms with Gasteiger partial charge in [-0.3, -0.25) is 9.69 Å². The largest absolute Gasteiger partial charge is 0.497 e. The number of benzene rings is 1. The fourth-order valence-electron chi connectivity index (χ4n) is 4.45. The molecular formula is C24H34N4O4. The van der Waals surface area contributed by atoms with Crippen molar-refractivity contribution in [2.24, 2.45) is 5.92 Å². The average Bonchev–Trinajstić information content (AvgIpc) is 3.52. The van der Waals surface area contributed by atoms with E-state index in [2.05, 4.69) is 20.4 Å². The van der Waals surface area contributed by atoms with Crippen LogP contribution in [-0.4, -0.2) is 60.4 Å². The SMILES string of the molecule is COc1ccc(-c2noc(CN3CCC(C(=O)NCCCOC4CCCC4)CC3)n2)cc1. The maximum atomic E-state index is 12.5. The van der Waals surface area contributed by atoms with Crippen LogP contribution in [0.1, 0.15) is 50.8 Å². The summed E-state index contributed by atoms with van der Waals surface area (Å²) in [7, 11) is 1.64. The van der Waals surface area contributed by atoms with E-state index in [-0.39, 0.29) is 11.8 Å². The van der Waals surface area contributed by atoms with Crippen molar-refractivity contribution in [1.82, 2.24) is 20.4 Å². The Morgan fingerprint density at radius 2 is 1.91 bits per heavy atom. The lowest BCUT2D eigenvalue weighted by Gasteiger charge is -2.30. The quantitative estimate of drug-likeness (QED) is 0.564. The maximum Gasteiger partial charge on any atom is 0.241 e. The second kappa shape index (κ2) is 11.4. The van der Waals surface area contributed by atoms with Crippen molar-refractivity contribution < 1.29 is 18.8 Å². The molecule has 2 aromatic rings. The topological polar surface area (TPSA) is 89.7 Å². The first-order chi connectivity index (χ1) is 15.7. The standard InChI is InChI=1S/C24H34N4O4/c1-30-20-9-7-18(8-10-20)23-26-22(32-27-23)17-28-14-11-19(12-15-28)24(29)25-13-4-16-31-21-5-2-3-6-21/h7-10,19,21H,2-6,11-17H2,1H3,(H,25,29). The lowest BCUT2D eigenvalue weighted by atomic mass is 9.96. The molecule has 1 saturated heterocycles. The zero-order valence-electron chi connectivity index (χ0n) is 18.9. The van der Waals surface area contributed by atoms with Gasteiger partial charge in [0.2, 0.25) is 17.6 Å². The van der Waals surface area contributed by atoms with Crippen LogP contribution in [0.25, 0.3) is 11.4 Å². The summed E-state index contributed by atoms with van der Waals surface area (Å²) in [4.78, 5) is 19.3. The predicted octanol–water partition coefficient (Wildman–Crippen LogP) is 3.42. The Bertz CT molecular complexity index is 840. The van der Waals surface area contributed by atoms with E-state index in [1.807, 2.05) is 24.3 Å². The minimum absolute atomic E-state index is 0.0829. The van der Waals surface area contributed by atoms with Crippen molar-refractivity contribution in [3.8, 4) is 17.1 Å². The van der Waals surface area contributed by atoms with Gasteiger partial charge < -0.3 is 19.3 Å². The van der Waals surface area contributed by atoms with Crippen LogP contribution in [0.2, 0.25) is 0 Å². The van der Waals surface area contributed by atoms with Gasteiger partial charge in [-0.1, -0.05) is 18.0 Å². The highest BCUT2D eigenvalue weighted by atomic mass is 16.5. The number of likely N-dealkylation sites (tertiary alicyclic amines) is 1. The summed E-state index contributed by atoms with van der Waals surface area (Å²) < 4.78 is 16.5. The second-order valence-corrected chi connectivity index (χ2v) is 8.71. The van der Waals surface area contributed by atoms with Gasteiger partial charge in [0.05, 0.1) is 19.8 Å². The number of nitrogens with one attached hydrogen (secondary N) is 1. The van der Waals surface area contributed by atoms with Gasteiger partial charge in [0.25, 0.3) is 0 Å². The van der Waals surface area contributed by atoms with Crippen molar-refractivity contribution in [2.75, 3.05) is 33.4 Å². The summed E-state index contributed by atoms with van der Waals surface area (Å²) in [5.41, 5.74) is 0.893. The van der Waals surface area contributed by atoms with E-state index in [0.717, 1.165) is 50.3 Å². The number of amides is 1. The predicted molar refractivity (Wildman–Crippen MR) is 120 cm³/mol. The van der Waals surface area contributed by atoms with Crippen LogP contribution in [0, 0.1) is 5.92 Å². The van der Waals surface area contributed by atoms with Gasteiger partial charge in [-0.05, 0) is 69.5 Å². The first-order valence-corrected chi connectivity index (χ1v) is 11.8. The Balaban J connectivity index is 1.14. The molecule has 8 heteroatoms. The zero-order chi connectivity index (χ0) is 22.2. The highest BCUT2D eigenvalue weighted by Crippen LogP contribution is 2.23. The molecule has 2 fully saturated rings. The Morgan fingerprint density at radius 1 is 1.16 bits per heavy atom. The van der Waals surface area contributed by atoms with Gasteiger partial charge in [-0.2, -0.15) is 4.98 Å². The number of ether oxygens (including phenoxy) is 2. The second-order valence-electron chi connectivity index (χ2n) is 8.71. The molecule has 0 unspecified atom stereocenters. The molecular weight excluding hydrogens is 408 g/mol. The molecule has 1 saturated carbocycles. The molecule has 0 spiro atoms. The molecule has 0 bridgehead atoms. The normalized spacial score (nSPS) is 18.2. The highest BCUT2D eigenvalue weighted by molar-refractivity contribution is 5.78. The van der Waals surface area contributed by atoms with Crippen LogP contribution in [0.4, 0.5) is 0 Å². The lowest BCUT2D eigenvalue weighted by Crippen LogP contribution is -2.40. The molecule has 174 valence electrons. The third-order valence-electron chi connectivity index (χ3n) is 6.41. The molecule has 1 aliphatic carbocycles. The Morgan fingerprint density at radius 3 is 2.62 bits per heavy atom. The number of hydrogen-bond acceptors (Lipinski definition) is 7. The summed E-state index contributed by atoms with van der Waals surface area (Å²) in [6, 6.07) is 7.59. The number of rotatable bonds is 10. The van der Waals surface area contributed by atoms with E-state index in [1.54, 1.807) is 7.11 Å². The molecule has 0 radical (unpaired) electrons. The van der Waals surface area contributed by atoms with Gasteiger partial charge >= 0.3 is 0 Å². The van der Waals surface area contributed by atoms with Crippen molar-refractivity contribution in [1.29, 1.82) is 0 Å². The number of carbonyl (C=O) groups excluding carboxylic acids is 1. The van der Waals surface area contributed by atoms with Crippen LogP contribution in [-0.2, 0) is 16.1 Å². The summed E-state index contributed by atoms with van der Waals surface area (Å²) in [6.45, 7) is 3.75. The van der Waals surface area contributed by atoms with Gasteiger partial charge in [-0.15, -0.1) is 0 Å². The van der Waals surface area contributed by atoms with Gasteiger partial charge in [0.1, 0.15) is 5.75 Å². The molecule has 1 aliphatic heterocycles. The van der Waals surface area contributed by atoms with Crippen molar-refractivity contribution >= 4 is 5.91 Å². The molecule has 1 amide bonds. The van der Waals surface area contributed by atoms with E-state index < -0.39 is 0 Å². The molecule has 2 aliphatic rings. The molecule has 4 rings (SSSR count). The summed E-state index contributed by atoms with van der Waals surface area (Å²) in [5.74, 6) is 2.22. The van der Waals surface area contributed by atoms with E-state index in [4.69, 9.17) is 14.0 Å². The molecule has 0 atom stereocenters. The third kappa shape index (κ3) is 6.29. The van der Waals surface area contributed by atoms with Crippen LogP contribution >= 0.6 is 0 Å². The monoisotopic (exact) mass is 442 g/mol. The number of carbonyl (C=O) groups is 1.